The van der Waals surface area contributed by atoms with Crippen LogP contribution in [-0.2, 0) is 10.8 Å². The number of halogens is 3. The summed E-state index contributed by atoms with van der Waals surface area (Å²) in [5, 5.41) is 0. The average Bonchev–Trinajstić information content (AvgIpc) is 3.03. The summed E-state index contributed by atoms with van der Waals surface area (Å²) in [7, 11) is -1.07. The van der Waals surface area contributed by atoms with E-state index in [4.69, 9.17) is 0 Å². The molecule has 0 fully saturated rings. The van der Waals surface area contributed by atoms with Gasteiger partial charge < -0.3 is 9.72 Å². The summed E-state index contributed by atoms with van der Waals surface area (Å²) >= 11 is 0. The normalized spacial score (nSPS) is 13.1. The van der Waals surface area contributed by atoms with E-state index in [-0.39, 0.29) is 5.88 Å². The van der Waals surface area contributed by atoms with Gasteiger partial charge in [0.1, 0.15) is 5.82 Å². The van der Waals surface area contributed by atoms with Gasteiger partial charge in [-0.3, -0.25) is 4.21 Å². The van der Waals surface area contributed by atoms with Gasteiger partial charge in [-0.25, -0.2) is 9.97 Å². The van der Waals surface area contributed by atoms with E-state index in [1.807, 2.05) is 6.92 Å². The first-order valence-electron chi connectivity index (χ1n) is 7.90. The Morgan fingerprint density at radius 2 is 2.04 bits per heavy atom. The Balaban J connectivity index is 1.87. The number of nitrogens with zero attached hydrogens (tertiary/aromatic N) is 2. The third kappa shape index (κ3) is 4.40. The lowest BCUT2D eigenvalue weighted by atomic mass is 10.2. The predicted molar refractivity (Wildman–Crippen MR) is 92.4 cm³/mol. The van der Waals surface area contributed by atoms with Gasteiger partial charge >= 0.3 is 6.18 Å². The van der Waals surface area contributed by atoms with Gasteiger partial charge in [-0.2, -0.15) is 13.2 Å². The second-order valence-corrected chi connectivity index (χ2v) is 7.17. The van der Waals surface area contributed by atoms with Crippen molar-refractivity contribution in [3.8, 4) is 17.3 Å². The van der Waals surface area contributed by atoms with E-state index in [1.54, 1.807) is 24.3 Å². The Hall–Kier alpha value is -2.42. The summed E-state index contributed by atoms with van der Waals surface area (Å²) in [6.45, 7) is 0.558. The summed E-state index contributed by atoms with van der Waals surface area (Å²) in [6, 6.07) is 8.32. The maximum atomic E-state index is 12.3. The monoisotopic (exact) mass is 383 g/mol. The van der Waals surface area contributed by atoms with Crippen LogP contribution < -0.4 is 4.74 Å². The van der Waals surface area contributed by atoms with Crippen LogP contribution >= 0.6 is 0 Å². The molecule has 0 radical (unpaired) electrons. The Morgan fingerprint density at radius 3 is 2.77 bits per heavy atom. The minimum atomic E-state index is -4.43. The molecule has 0 saturated heterocycles. The number of hydrogen-bond donors (Lipinski definition) is 1. The van der Waals surface area contributed by atoms with E-state index in [2.05, 4.69) is 19.7 Å². The number of alkyl halides is 3. The fraction of sp³-hybridized carbons (Fsp3) is 0.294. The van der Waals surface area contributed by atoms with E-state index in [1.165, 1.54) is 12.3 Å². The van der Waals surface area contributed by atoms with Crippen LogP contribution in [0.5, 0.6) is 5.88 Å². The highest BCUT2D eigenvalue weighted by molar-refractivity contribution is 7.85. The van der Waals surface area contributed by atoms with Crippen LogP contribution in [0, 0.1) is 0 Å². The van der Waals surface area contributed by atoms with Crippen LogP contribution in [0.15, 0.2) is 41.4 Å². The first-order valence-corrected chi connectivity index (χ1v) is 9.22. The first-order chi connectivity index (χ1) is 12.4. The molecule has 1 atom stereocenters. The van der Waals surface area contributed by atoms with Gasteiger partial charge in [0.25, 0.3) is 0 Å². The standard InChI is InChI=1S/C17H16F3N3O2S/c1-2-7-26(24)12-3-4-13-14(9-12)23-16(22-13)11-5-6-21-15(8-11)25-10-17(18,19)20/h3-6,8-9H,2,7,10H2,1H3,(H,22,23). The van der Waals surface area contributed by atoms with E-state index in [9.17, 15) is 17.4 Å². The van der Waals surface area contributed by atoms with Crippen molar-refractivity contribution in [2.24, 2.45) is 0 Å². The van der Waals surface area contributed by atoms with Gasteiger partial charge in [-0.15, -0.1) is 0 Å². The summed E-state index contributed by atoms with van der Waals surface area (Å²) in [4.78, 5) is 12.0. The fourth-order valence-corrected chi connectivity index (χ4v) is 3.44. The Morgan fingerprint density at radius 1 is 1.23 bits per heavy atom. The van der Waals surface area contributed by atoms with Crippen molar-refractivity contribution in [2.75, 3.05) is 12.4 Å². The minimum Gasteiger partial charge on any atom is -0.468 e. The topological polar surface area (TPSA) is 67.9 Å². The number of hydrogen-bond acceptors (Lipinski definition) is 4. The van der Waals surface area contributed by atoms with E-state index in [0.29, 0.717) is 33.1 Å². The quantitative estimate of drug-likeness (QED) is 0.696. The molecule has 2 aromatic heterocycles. The Labute approximate surface area is 150 Å². The SMILES string of the molecule is CCCS(=O)c1ccc2nc(-c3ccnc(OCC(F)(F)F)c3)[nH]c2c1. The second-order valence-electron chi connectivity index (χ2n) is 5.60. The zero-order chi connectivity index (χ0) is 18.7. The van der Waals surface area contributed by atoms with E-state index < -0.39 is 23.6 Å². The number of nitrogens with one attached hydrogen (secondary N) is 1. The predicted octanol–water partition coefficient (Wildman–Crippen LogP) is 4.08. The Bertz CT molecular complexity index is 940. The zero-order valence-electron chi connectivity index (χ0n) is 13.8. The molecule has 0 amide bonds. The molecular weight excluding hydrogens is 367 g/mol. The smallest absolute Gasteiger partial charge is 0.422 e. The number of aromatic nitrogens is 3. The molecule has 0 aliphatic rings. The van der Waals surface area contributed by atoms with Crippen molar-refractivity contribution in [3.63, 3.8) is 0 Å². The molecule has 5 nitrogen and oxygen atoms in total. The lowest BCUT2D eigenvalue weighted by Gasteiger charge is -2.08. The maximum Gasteiger partial charge on any atom is 0.422 e. The number of fused-ring (bicyclic) bond motifs is 1. The van der Waals surface area contributed by atoms with Gasteiger partial charge in [-0.1, -0.05) is 6.92 Å². The fourth-order valence-electron chi connectivity index (χ4n) is 2.36. The van der Waals surface area contributed by atoms with Gasteiger partial charge in [-0.05, 0) is 30.7 Å². The molecule has 1 N–H and O–H groups in total. The van der Waals surface area contributed by atoms with Gasteiger partial charge in [0, 0.05) is 28.5 Å². The summed E-state index contributed by atoms with van der Waals surface area (Å²) in [5.41, 5.74) is 1.92. The van der Waals surface area contributed by atoms with Crippen molar-refractivity contribution in [1.82, 2.24) is 15.0 Å². The highest BCUT2D eigenvalue weighted by Crippen LogP contribution is 2.25. The number of aromatic amines is 1. The molecule has 2 heterocycles. The lowest BCUT2D eigenvalue weighted by molar-refractivity contribution is -0.154. The molecule has 1 aromatic carbocycles. The summed E-state index contributed by atoms with van der Waals surface area (Å²) in [6.07, 6.45) is -2.26. The maximum absolute atomic E-state index is 12.3. The molecule has 26 heavy (non-hydrogen) atoms. The number of H-pyrrole nitrogens is 1. The second kappa shape index (κ2) is 7.45. The molecule has 3 rings (SSSR count). The number of pyridine rings is 1. The van der Waals surface area contributed by atoms with Gasteiger partial charge in [0.05, 0.1) is 21.8 Å². The van der Waals surface area contributed by atoms with Crippen molar-refractivity contribution >= 4 is 21.8 Å². The number of ether oxygens (including phenoxy) is 1. The van der Waals surface area contributed by atoms with Gasteiger partial charge in [0.15, 0.2) is 6.61 Å². The van der Waals surface area contributed by atoms with Crippen LogP contribution in [0.1, 0.15) is 13.3 Å². The van der Waals surface area contributed by atoms with Crippen LogP contribution in [0.3, 0.4) is 0 Å². The van der Waals surface area contributed by atoms with Crippen LogP contribution in [0.25, 0.3) is 22.4 Å². The average molecular weight is 383 g/mol. The van der Waals surface area contributed by atoms with E-state index in [0.717, 1.165) is 6.42 Å². The van der Waals surface area contributed by atoms with E-state index >= 15 is 0 Å². The minimum absolute atomic E-state index is 0.134. The molecular formula is C17H16F3N3O2S. The molecule has 0 aliphatic carbocycles. The van der Waals surface area contributed by atoms with Gasteiger partial charge in [0.2, 0.25) is 5.88 Å². The number of rotatable bonds is 6. The van der Waals surface area contributed by atoms with Crippen molar-refractivity contribution in [1.29, 1.82) is 0 Å². The summed E-state index contributed by atoms with van der Waals surface area (Å²) < 4.78 is 53.6. The lowest BCUT2D eigenvalue weighted by Crippen LogP contribution is -2.19. The number of imidazole rings is 1. The van der Waals surface area contributed by atoms with Crippen molar-refractivity contribution < 1.29 is 22.1 Å². The summed E-state index contributed by atoms with van der Waals surface area (Å²) in [5.74, 6) is 0.916. The highest BCUT2D eigenvalue weighted by atomic mass is 32.2. The molecule has 138 valence electrons. The highest BCUT2D eigenvalue weighted by Gasteiger charge is 2.28. The molecule has 0 aliphatic heterocycles. The first kappa shape index (κ1) is 18.4. The largest absolute Gasteiger partial charge is 0.468 e. The Kier molecular flexibility index (Phi) is 5.26. The van der Waals surface area contributed by atoms with Crippen LogP contribution in [-0.4, -0.2) is 37.7 Å². The molecule has 3 aromatic rings. The van der Waals surface area contributed by atoms with Crippen molar-refractivity contribution in [3.05, 3.63) is 36.5 Å². The molecule has 0 spiro atoms. The third-order valence-electron chi connectivity index (χ3n) is 3.50. The molecule has 9 heteroatoms. The van der Waals surface area contributed by atoms with Crippen LogP contribution in [0.4, 0.5) is 13.2 Å². The van der Waals surface area contributed by atoms with Crippen molar-refractivity contribution in [2.45, 2.75) is 24.4 Å². The third-order valence-corrected chi connectivity index (χ3v) is 5.06. The van der Waals surface area contributed by atoms with Crippen LogP contribution in [0.2, 0.25) is 0 Å². The molecule has 0 saturated carbocycles. The molecule has 0 bridgehead atoms. The zero-order valence-corrected chi connectivity index (χ0v) is 14.7. The molecule has 1 unspecified atom stereocenters. The number of benzene rings is 1.